The van der Waals surface area contributed by atoms with E-state index in [1.54, 1.807) is 30.3 Å². The third-order valence-corrected chi connectivity index (χ3v) is 8.23. The zero-order valence-corrected chi connectivity index (χ0v) is 25.3. The lowest BCUT2D eigenvalue weighted by molar-refractivity contribution is -0.124. The highest BCUT2D eigenvalue weighted by molar-refractivity contribution is 7.80. The normalized spacial score (nSPS) is 17.6. The first-order chi connectivity index (χ1) is 20.4. The maximum Gasteiger partial charge on any atom is 0.256 e. The van der Waals surface area contributed by atoms with Gasteiger partial charge in [0.05, 0.1) is 18.7 Å². The number of anilines is 3. The fourth-order valence-corrected chi connectivity index (χ4v) is 6.06. The van der Waals surface area contributed by atoms with Crippen LogP contribution in [0.3, 0.4) is 0 Å². The number of carbonyl (C=O) groups is 2. The van der Waals surface area contributed by atoms with Gasteiger partial charge in [-0.15, -0.1) is 0 Å². The van der Waals surface area contributed by atoms with Crippen LogP contribution in [0.5, 0.6) is 5.75 Å². The number of thiocarbonyl (C=S) groups is 1. The highest BCUT2D eigenvalue weighted by atomic mass is 35.5. The van der Waals surface area contributed by atoms with Crippen LogP contribution >= 0.6 is 23.8 Å². The Bertz CT molecular complexity index is 1380. The van der Waals surface area contributed by atoms with Gasteiger partial charge in [-0.1, -0.05) is 35.9 Å². The average Bonchev–Trinajstić information content (AvgIpc) is 3.23. The van der Waals surface area contributed by atoms with E-state index in [1.807, 2.05) is 36.1 Å². The van der Waals surface area contributed by atoms with E-state index in [-0.39, 0.29) is 18.2 Å². The van der Waals surface area contributed by atoms with Crippen LogP contribution in [0.4, 0.5) is 17.1 Å². The number of carbonyl (C=O) groups excluding carboxylic acids is 2. The largest absolute Gasteiger partial charge is 0.494 e. The van der Waals surface area contributed by atoms with E-state index in [4.69, 9.17) is 28.6 Å². The van der Waals surface area contributed by atoms with Crippen LogP contribution in [0.2, 0.25) is 5.02 Å². The highest BCUT2D eigenvalue weighted by Gasteiger charge is 2.44. The van der Waals surface area contributed by atoms with Crippen molar-refractivity contribution >= 4 is 57.8 Å². The number of ether oxygens (including phenoxy) is 1. The Hall–Kier alpha value is -3.66. The number of piperazine rings is 1. The molecule has 2 heterocycles. The van der Waals surface area contributed by atoms with Gasteiger partial charge in [-0.05, 0) is 86.7 Å². The highest BCUT2D eigenvalue weighted by Crippen LogP contribution is 2.29. The third kappa shape index (κ3) is 7.21. The lowest BCUT2D eigenvalue weighted by atomic mass is 10.1. The molecule has 2 fully saturated rings. The van der Waals surface area contributed by atoms with E-state index in [0.29, 0.717) is 34.7 Å². The van der Waals surface area contributed by atoms with Crippen molar-refractivity contribution in [1.29, 1.82) is 0 Å². The molecule has 1 N–H and O–H groups in total. The topological polar surface area (TPSA) is 68.4 Å². The van der Waals surface area contributed by atoms with Crippen LogP contribution in [0.25, 0.3) is 0 Å². The molecule has 2 aliphatic heterocycles. The van der Waals surface area contributed by atoms with Crippen molar-refractivity contribution in [3.8, 4) is 5.75 Å². The van der Waals surface area contributed by atoms with Gasteiger partial charge in [-0.3, -0.25) is 19.4 Å². The molecule has 3 aromatic rings. The summed E-state index contributed by atoms with van der Waals surface area (Å²) in [6.45, 7) is 7.84. The van der Waals surface area contributed by atoms with Crippen LogP contribution < -0.4 is 19.9 Å². The minimum atomic E-state index is -0.700. The molecule has 0 bridgehead atoms. The quantitative estimate of drug-likeness (QED) is 0.298. The summed E-state index contributed by atoms with van der Waals surface area (Å²) in [6.07, 6.45) is 0.804. The number of benzene rings is 3. The van der Waals surface area contributed by atoms with Gasteiger partial charge in [0.15, 0.2) is 5.11 Å². The molecule has 0 spiro atoms. The minimum absolute atomic E-state index is 0.0149. The Balaban J connectivity index is 1.22. The lowest BCUT2D eigenvalue weighted by Crippen LogP contribution is -2.47. The van der Waals surface area contributed by atoms with Crippen molar-refractivity contribution in [3.05, 3.63) is 83.9 Å². The Morgan fingerprint density at radius 1 is 0.952 bits per heavy atom. The monoisotopic (exact) mass is 605 g/mol. The Morgan fingerprint density at radius 2 is 1.67 bits per heavy atom. The van der Waals surface area contributed by atoms with Crippen LogP contribution in [-0.4, -0.2) is 78.6 Å². The summed E-state index contributed by atoms with van der Waals surface area (Å²) in [5.41, 5.74) is 2.50. The Morgan fingerprint density at radius 3 is 2.36 bits per heavy atom. The van der Waals surface area contributed by atoms with E-state index in [2.05, 4.69) is 39.4 Å². The average molecular weight is 606 g/mol. The number of hydrogen-bond donors (Lipinski definition) is 1. The summed E-state index contributed by atoms with van der Waals surface area (Å²) < 4.78 is 5.48. The molecular weight excluding hydrogens is 570 g/mol. The molecule has 2 saturated heterocycles. The van der Waals surface area contributed by atoms with Crippen molar-refractivity contribution in [3.63, 3.8) is 0 Å². The first-order valence-corrected chi connectivity index (χ1v) is 15.2. The molecular formula is C32H36ClN5O3S. The first-order valence-electron chi connectivity index (χ1n) is 14.4. The molecule has 0 aromatic heterocycles. The summed E-state index contributed by atoms with van der Waals surface area (Å²) in [5, 5.41) is 3.83. The third-order valence-electron chi connectivity index (χ3n) is 7.58. The van der Waals surface area contributed by atoms with Crippen molar-refractivity contribution in [2.45, 2.75) is 25.8 Å². The number of halogens is 1. The van der Waals surface area contributed by atoms with Crippen molar-refractivity contribution in [1.82, 2.24) is 9.80 Å². The number of rotatable bonds is 11. The molecule has 42 heavy (non-hydrogen) atoms. The molecule has 0 aliphatic carbocycles. The fraction of sp³-hybridized carbons (Fsp3) is 0.344. The predicted molar refractivity (Wildman–Crippen MR) is 173 cm³/mol. The maximum absolute atomic E-state index is 13.7. The van der Waals surface area contributed by atoms with Crippen molar-refractivity contribution in [2.75, 3.05) is 61.0 Å². The van der Waals surface area contributed by atoms with E-state index in [9.17, 15) is 9.59 Å². The summed E-state index contributed by atoms with van der Waals surface area (Å²) in [6, 6.07) is 24.1. The lowest BCUT2D eigenvalue weighted by Gasteiger charge is -2.36. The smallest absolute Gasteiger partial charge is 0.256 e. The van der Waals surface area contributed by atoms with Gasteiger partial charge in [0.25, 0.3) is 5.91 Å². The SMILES string of the molecule is CCOc1ccc(NC(=O)C[C@H]2C(=O)N(c3cccc(Cl)c3)C(=S)N2CCCN2CCN(c3ccccc3)CC2)cc1. The summed E-state index contributed by atoms with van der Waals surface area (Å²) in [5.74, 6) is 0.257. The van der Waals surface area contributed by atoms with Gasteiger partial charge >= 0.3 is 0 Å². The second kappa shape index (κ2) is 14.0. The molecule has 0 unspecified atom stereocenters. The molecule has 8 nitrogen and oxygen atoms in total. The summed E-state index contributed by atoms with van der Waals surface area (Å²) >= 11 is 12.1. The standard InChI is InChI=1S/C32H36ClN5O3S/c1-2-41-28-14-12-25(13-15-28)34-30(39)23-29-31(40)38(27-11-6-8-24(33)22-27)32(42)37(29)17-7-16-35-18-20-36(21-19-35)26-9-4-3-5-10-26/h3-6,8-15,22,29H,2,7,16-21,23H2,1H3,(H,34,39)/t29-/m0/s1. The number of amides is 2. The molecule has 3 aromatic carbocycles. The molecule has 2 amide bonds. The minimum Gasteiger partial charge on any atom is -0.494 e. The zero-order chi connectivity index (χ0) is 29.5. The molecule has 220 valence electrons. The van der Waals surface area contributed by atoms with Crippen LogP contribution in [0, 0.1) is 0 Å². The van der Waals surface area contributed by atoms with E-state index in [1.165, 1.54) is 10.6 Å². The van der Waals surface area contributed by atoms with Gasteiger partial charge < -0.3 is 19.9 Å². The number of nitrogens with zero attached hydrogens (tertiary/aromatic N) is 4. The van der Waals surface area contributed by atoms with E-state index >= 15 is 0 Å². The van der Waals surface area contributed by atoms with Crippen LogP contribution in [-0.2, 0) is 9.59 Å². The Labute approximate surface area is 257 Å². The zero-order valence-electron chi connectivity index (χ0n) is 23.7. The molecule has 10 heteroatoms. The number of para-hydroxylation sites is 1. The van der Waals surface area contributed by atoms with Crippen LogP contribution in [0.15, 0.2) is 78.9 Å². The first kappa shape index (κ1) is 29.8. The number of hydrogen-bond acceptors (Lipinski definition) is 6. The van der Waals surface area contributed by atoms with Gasteiger partial charge in [0.1, 0.15) is 11.8 Å². The summed E-state index contributed by atoms with van der Waals surface area (Å²) in [7, 11) is 0. The second-order valence-electron chi connectivity index (χ2n) is 10.4. The second-order valence-corrected chi connectivity index (χ2v) is 11.2. The molecule has 0 saturated carbocycles. The van der Waals surface area contributed by atoms with Gasteiger partial charge in [-0.2, -0.15) is 0 Å². The van der Waals surface area contributed by atoms with Gasteiger partial charge in [0, 0.05) is 49.1 Å². The predicted octanol–water partition coefficient (Wildman–Crippen LogP) is 5.28. The summed E-state index contributed by atoms with van der Waals surface area (Å²) in [4.78, 5) is 35.1. The van der Waals surface area contributed by atoms with E-state index in [0.717, 1.165) is 44.9 Å². The number of nitrogens with one attached hydrogen (secondary N) is 1. The molecule has 1 atom stereocenters. The molecule has 5 rings (SSSR count). The Kier molecular flexibility index (Phi) is 9.94. The van der Waals surface area contributed by atoms with Gasteiger partial charge in [0.2, 0.25) is 5.91 Å². The van der Waals surface area contributed by atoms with Crippen molar-refractivity contribution < 1.29 is 14.3 Å². The molecule has 2 aliphatic rings. The van der Waals surface area contributed by atoms with Crippen molar-refractivity contribution in [2.24, 2.45) is 0 Å². The molecule has 0 radical (unpaired) electrons. The van der Waals surface area contributed by atoms with Gasteiger partial charge in [-0.25, -0.2) is 0 Å². The fourth-order valence-electron chi connectivity index (χ4n) is 5.46. The van der Waals surface area contributed by atoms with Crippen LogP contribution in [0.1, 0.15) is 19.8 Å². The van der Waals surface area contributed by atoms with E-state index < -0.39 is 6.04 Å². The maximum atomic E-state index is 13.7.